The van der Waals surface area contributed by atoms with E-state index in [9.17, 15) is 9.59 Å². The summed E-state index contributed by atoms with van der Waals surface area (Å²) in [6.07, 6.45) is 1.35. The molecule has 2 amide bonds. The largest absolute Gasteiger partial charge is 0.497 e. The van der Waals surface area contributed by atoms with Gasteiger partial charge < -0.3 is 31.2 Å². The first-order chi connectivity index (χ1) is 15.5. The average Bonchev–Trinajstić information content (AvgIpc) is 2.80. The first kappa shape index (κ1) is 22.5. The van der Waals surface area contributed by atoms with Crippen molar-refractivity contribution >= 4 is 35.0 Å². The van der Waals surface area contributed by atoms with Crippen LogP contribution in [-0.2, 0) is 4.74 Å². The van der Waals surface area contributed by atoms with Crippen LogP contribution in [0.1, 0.15) is 20.7 Å². The Labute approximate surface area is 185 Å². The second-order valence-corrected chi connectivity index (χ2v) is 6.62. The molecule has 5 N–H and O–H groups in total. The third kappa shape index (κ3) is 5.92. The summed E-state index contributed by atoms with van der Waals surface area (Å²) in [4.78, 5) is 32.4. The van der Waals surface area contributed by atoms with Gasteiger partial charge in [-0.15, -0.1) is 0 Å². The molecule has 3 rings (SSSR count). The Morgan fingerprint density at radius 1 is 0.969 bits per heavy atom. The number of hydrogen-bond acceptors (Lipinski definition) is 8. The van der Waals surface area contributed by atoms with Crippen molar-refractivity contribution in [3.05, 3.63) is 65.9 Å². The van der Waals surface area contributed by atoms with E-state index < -0.39 is 5.91 Å². The van der Waals surface area contributed by atoms with Gasteiger partial charge >= 0.3 is 0 Å². The lowest BCUT2D eigenvalue weighted by Gasteiger charge is -2.12. The highest BCUT2D eigenvalue weighted by molar-refractivity contribution is 5.98. The van der Waals surface area contributed by atoms with Crippen molar-refractivity contribution in [2.45, 2.75) is 0 Å². The number of carbonyl (C=O) groups is 2. The van der Waals surface area contributed by atoms with Crippen molar-refractivity contribution < 1.29 is 19.1 Å². The highest BCUT2D eigenvalue weighted by Gasteiger charge is 2.13. The Bertz CT molecular complexity index is 1070. The molecule has 1 aromatic heterocycles. The molecule has 3 aromatic rings. The minimum absolute atomic E-state index is 0.148. The Hall–Kier alpha value is -4.18. The van der Waals surface area contributed by atoms with Gasteiger partial charge in [-0.1, -0.05) is 0 Å². The SMILES string of the molecule is COCCNC(=O)c1ccc(Nc2ncc(C(N)=O)c(Nc3ccc(OC)cc3)n2)cc1. The number of hydrogen-bond donors (Lipinski definition) is 4. The Morgan fingerprint density at radius 3 is 2.25 bits per heavy atom. The fraction of sp³-hybridized carbons (Fsp3) is 0.182. The number of primary amides is 1. The molecule has 2 aromatic carbocycles. The maximum Gasteiger partial charge on any atom is 0.254 e. The Morgan fingerprint density at radius 2 is 1.62 bits per heavy atom. The number of benzene rings is 2. The van der Waals surface area contributed by atoms with Crippen molar-refractivity contribution in [3.63, 3.8) is 0 Å². The second-order valence-electron chi connectivity index (χ2n) is 6.62. The molecule has 0 radical (unpaired) electrons. The summed E-state index contributed by atoms with van der Waals surface area (Å²) < 4.78 is 10.1. The lowest BCUT2D eigenvalue weighted by Crippen LogP contribution is -2.26. The zero-order valence-corrected chi connectivity index (χ0v) is 17.7. The van der Waals surface area contributed by atoms with Crippen LogP contribution in [0, 0.1) is 0 Å². The van der Waals surface area contributed by atoms with Crippen LogP contribution in [0.25, 0.3) is 0 Å². The van der Waals surface area contributed by atoms with Crippen LogP contribution in [0.2, 0.25) is 0 Å². The molecule has 0 saturated carbocycles. The molecule has 0 saturated heterocycles. The summed E-state index contributed by atoms with van der Waals surface area (Å²) in [5.74, 6) is 0.363. The predicted molar refractivity (Wildman–Crippen MR) is 121 cm³/mol. The van der Waals surface area contributed by atoms with E-state index in [1.165, 1.54) is 6.20 Å². The molecule has 0 spiro atoms. The van der Waals surface area contributed by atoms with Crippen molar-refractivity contribution in [2.75, 3.05) is 38.0 Å². The Balaban J connectivity index is 1.74. The molecule has 0 unspecified atom stereocenters. The smallest absolute Gasteiger partial charge is 0.254 e. The van der Waals surface area contributed by atoms with Crippen LogP contribution in [0.5, 0.6) is 5.75 Å². The number of aromatic nitrogens is 2. The first-order valence-corrected chi connectivity index (χ1v) is 9.72. The third-order valence-corrected chi connectivity index (χ3v) is 4.40. The quantitative estimate of drug-likeness (QED) is 0.355. The van der Waals surface area contributed by atoms with Crippen LogP contribution >= 0.6 is 0 Å². The molecule has 10 heteroatoms. The van der Waals surface area contributed by atoms with Crippen LogP contribution < -0.4 is 26.4 Å². The number of nitrogens with two attached hydrogens (primary N) is 1. The summed E-state index contributed by atoms with van der Waals surface area (Å²) in [5.41, 5.74) is 7.48. The first-order valence-electron chi connectivity index (χ1n) is 9.72. The summed E-state index contributed by atoms with van der Waals surface area (Å²) in [7, 11) is 3.15. The second kappa shape index (κ2) is 10.7. The number of methoxy groups -OCH3 is 2. The van der Waals surface area contributed by atoms with Gasteiger partial charge in [-0.05, 0) is 48.5 Å². The third-order valence-electron chi connectivity index (χ3n) is 4.40. The van der Waals surface area contributed by atoms with Crippen molar-refractivity contribution in [3.8, 4) is 5.75 Å². The standard InChI is InChI=1S/C22H24N6O4/c1-31-12-11-24-21(30)14-3-5-16(6-4-14)27-22-25-13-18(19(23)29)20(28-22)26-15-7-9-17(32-2)10-8-15/h3-10,13H,11-12H2,1-2H3,(H2,23,29)(H,24,30)(H2,25,26,27,28). The van der Waals surface area contributed by atoms with Gasteiger partial charge in [0, 0.05) is 36.8 Å². The van der Waals surface area contributed by atoms with Crippen molar-refractivity contribution in [1.29, 1.82) is 0 Å². The van der Waals surface area contributed by atoms with E-state index in [-0.39, 0.29) is 23.2 Å². The molecule has 0 atom stereocenters. The average molecular weight is 436 g/mol. The molecular weight excluding hydrogens is 412 g/mol. The van der Waals surface area contributed by atoms with Gasteiger partial charge in [-0.2, -0.15) is 4.98 Å². The van der Waals surface area contributed by atoms with Crippen molar-refractivity contribution in [2.24, 2.45) is 5.73 Å². The number of anilines is 4. The van der Waals surface area contributed by atoms with Crippen LogP contribution in [0.4, 0.5) is 23.1 Å². The molecule has 166 valence electrons. The summed E-state index contributed by atoms with van der Waals surface area (Å²) >= 11 is 0. The van der Waals surface area contributed by atoms with E-state index in [1.54, 1.807) is 62.8 Å². The molecule has 0 aliphatic heterocycles. The molecule has 1 heterocycles. The number of rotatable bonds is 10. The fourth-order valence-corrected chi connectivity index (χ4v) is 2.73. The monoisotopic (exact) mass is 436 g/mol. The van der Waals surface area contributed by atoms with Gasteiger partial charge in [0.2, 0.25) is 5.95 Å². The molecule has 32 heavy (non-hydrogen) atoms. The minimum Gasteiger partial charge on any atom is -0.497 e. The van der Waals surface area contributed by atoms with Crippen LogP contribution in [0.3, 0.4) is 0 Å². The number of nitrogens with one attached hydrogen (secondary N) is 3. The topological polar surface area (TPSA) is 140 Å². The maximum atomic E-state index is 12.1. The van der Waals surface area contributed by atoms with E-state index in [0.29, 0.717) is 35.8 Å². The summed E-state index contributed by atoms with van der Waals surface area (Å²) in [5, 5.41) is 8.87. The predicted octanol–water partition coefficient (Wildman–Crippen LogP) is 2.45. The molecule has 0 aliphatic carbocycles. The number of nitrogens with zero attached hydrogens (tertiary/aromatic N) is 2. The number of ether oxygens (including phenoxy) is 2. The summed E-state index contributed by atoms with van der Waals surface area (Å²) in [6.45, 7) is 0.871. The van der Waals surface area contributed by atoms with Crippen LogP contribution in [0.15, 0.2) is 54.7 Å². The molecular formula is C22H24N6O4. The highest BCUT2D eigenvalue weighted by Crippen LogP contribution is 2.23. The minimum atomic E-state index is -0.656. The van der Waals surface area contributed by atoms with E-state index in [2.05, 4.69) is 25.9 Å². The van der Waals surface area contributed by atoms with E-state index in [0.717, 1.165) is 0 Å². The zero-order valence-electron chi connectivity index (χ0n) is 17.7. The summed E-state index contributed by atoms with van der Waals surface area (Å²) in [6, 6.07) is 13.9. The van der Waals surface area contributed by atoms with Gasteiger partial charge in [0.25, 0.3) is 11.8 Å². The van der Waals surface area contributed by atoms with Gasteiger partial charge in [0.1, 0.15) is 17.1 Å². The molecule has 0 aliphatic rings. The number of carbonyl (C=O) groups excluding carboxylic acids is 2. The van der Waals surface area contributed by atoms with Crippen LogP contribution in [-0.4, -0.2) is 49.2 Å². The molecule has 10 nitrogen and oxygen atoms in total. The van der Waals surface area contributed by atoms with Gasteiger partial charge in [-0.25, -0.2) is 4.98 Å². The lowest BCUT2D eigenvalue weighted by atomic mass is 10.2. The fourth-order valence-electron chi connectivity index (χ4n) is 2.73. The molecule has 0 bridgehead atoms. The molecule has 0 fully saturated rings. The highest BCUT2D eigenvalue weighted by atomic mass is 16.5. The van der Waals surface area contributed by atoms with Gasteiger partial charge in [-0.3, -0.25) is 9.59 Å². The van der Waals surface area contributed by atoms with Gasteiger partial charge in [0.15, 0.2) is 0 Å². The lowest BCUT2D eigenvalue weighted by molar-refractivity contribution is 0.0936. The van der Waals surface area contributed by atoms with E-state index in [1.807, 2.05) is 0 Å². The van der Waals surface area contributed by atoms with Gasteiger partial charge in [0.05, 0.1) is 13.7 Å². The Kier molecular flexibility index (Phi) is 7.55. The maximum absolute atomic E-state index is 12.1. The van der Waals surface area contributed by atoms with E-state index >= 15 is 0 Å². The van der Waals surface area contributed by atoms with E-state index in [4.69, 9.17) is 15.2 Å². The van der Waals surface area contributed by atoms with Crippen molar-refractivity contribution in [1.82, 2.24) is 15.3 Å². The zero-order chi connectivity index (χ0) is 22.9. The number of amides is 2. The normalized spacial score (nSPS) is 10.3.